The maximum atomic E-state index is 13.1. The fraction of sp³-hybridized carbons (Fsp3) is 0.364. The van der Waals surface area contributed by atoms with E-state index in [9.17, 15) is 9.59 Å². The van der Waals surface area contributed by atoms with Gasteiger partial charge in [0.25, 0.3) is 11.5 Å². The highest BCUT2D eigenvalue weighted by atomic mass is 16.5. The number of amides is 1. The van der Waals surface area contributed by atoms with Crippen LogP contribution in [-0.2, 0) is 7.05 Å². The van der Waals surface area contributed by atoms with Crippen molar-refractivity contribution in [3.8, 4) is 17.2 Å². The second-order valence-corrected chi connectivity index (χ2v) is 7.34. The third-order valence-electron chi connectivity index (χ3n) is 5.58. The van der Waals surface area contributed by atoms with Crippen molar-refractivity contribution in [1.29, 1.82) is 0 Å². The van der Waals surface area contributed by atoms with E-state index in [1.807, 2.05) is 11.0 Å². The molecule has 10 nitrogen and oxygen atoms in total. The second-order valence-electron chi connectivity index (χ2n) is 7.34. The fourth-order valence-electron chi connectivity index (χ4n) is 3.86. The lowest BCUT2D eigenvalue weighted by molar-refractivity contribution is 0.0745. The molecule has 0 bridgehead atoms. The highest BCUT2D eigenvalue weighted by molar-refractivity contribution is 5.96. The number of nitrogens with zero attached hydrogens (tertiary/aromatic N) is 5. The number of benzene rings is 1. The van der Waals surface area contributed by atoms with Gasteiger partial charge in [0.2, 0.25) is 5.75 Å². The van der Waals surface area contributed by atoms with Gasteiger partial charge in [0.15, 0.2) is 23.0 Å². The number of carbonyl (C=O) groups excluding carboxylic acids is 1. The summed E-state index contributed by atoms with van der Waals surface area (Å²) in [5.41, 5.74) is 1.43. The maximum Gasteiger partial charge on any atom is 0.294 e. The maximum absolute atomic E-state index is 13.1. The summed E-state index contributed by atoms with van der Waals surface area (Å²) in [5.74, 6) is 1.50. The predicted molar refractivity (Wildman–Crippen MR) is 119 cm³/mol. The Labute approximate surface area is 185 Å². The topological polar surface area (TPSA) is 99.0 Å². The van der Waals surface area contributed by atoms with Crippen molar-refractivity contribution in [2.45, 2.75) is 0 Å². The van der Waals surface area contributed by atoms with Gasteiger partial charge in [-0.1, -0.05) is 0 Å². The number of fused-ring (bicyclic) bond motifs is 1. The van der Waals surface area contributed by atoms with Gasteiger partial charge in [0.1, 0.15) is 5.52 Å². The average molecular weight is 439 g/mol. The van der Waals surface area contributed by atoms with Crippen molar-refractivity contribution in [3.63, 3.8) is 0 Å². The largest absolute Gasteiger partial charge is 0.493 e. The van der Waals surface area contributed by atoms with Crippen molar-refractivity contribution < 1.29 is 19.0 Å². The van der Waals surface area contributed by atoms with Crippen molar-refractivity contribution in [1.82, 2.24) is 19.4 Å². The van der Waals surface area contributed by atoms with E-state index < -0.39 is 0 Å². The minimum atomic E-state index is -0.208. The molecule has 0 aliphatic carbocycles. The van der Waals surface area contributed by atoms with Crippen LogP contribution in [-0.4, -0.2) is 72.9 Å². The van der Waals surface area contributed by atoms with Gasteiger partial charge < -0.3 is 24.0 Å². The number of piperazine rings is 1. The summed E-state index contributed by atoms with van der Waals surface area (Å²) in [6.45, 7) is 1.88. The lowest BCUT2D eigenvalue weighted by Crippen LogP contribution is -2.50. The van der Waals surface area contributed by atoms with Crippen LogP contribution in [0.2, 0.25) is 0 Å². The van der Waals surface area contributed by atoms with Gasteiger partial charge in [-0.2, -0.15) is 0 Å². The van der Waals surface area contributed by atoms with Gasteiger partial charge in [-0.3, -0.25) is 14.2 Å². The summed E-state index contributed by atoms with van der Waals surface area (Å²) >= 11 is 0. The molecule has 1 amide bonds. The van der Waals surface area contributed by atoms with Gasteiger partial charge in [0.05, 0.1) is 21.3 Å². The summed E-state index contributed by atoms with van der Waals surface area (Å²) in [6.07, 6.45) is 1.64. The van der Waals surface area contributed by atoms with Gasteiger partial charge in [-0.25, -0.2) is 9.97 Å². The average Bonchev–Trinajstić information content (AvgIpc) is 2.84. The number of carbonyl (C=O) groups is 1. The van der Waals surface area contributed by atoms with Gasteiger partial charge in [-0.05, 0) is 24.3 Å². The summed E-state index contributed by atoms with van der Waals surface area (Å²) < 4.78 is 17.5. The smallest absolute Gasteiger partial charge is 0.294 e. The van der Waals surface area contributed by atoms with Gasteiger partial charge in [-0.15, -0.1) is 0 Å². The zero-order valence-corrected chi connectivity index (χ0v) is 18.5. The minimum Gasteiger partial charge on any atom is -0.493 e. The van der Waals surface area contributed by atoms with Crippen LogP contribution >= 0.6 is 0 Å². The normalized spacial score (nSPS) is 13.9. The Kier molecular flexibility index (Phi) is 5.85. The molecule has 3 aromatic rings. The highest BCUT2D eigenvalue weighted by Gasteiger charge is 2.27. The molecule has 0 unspecified atom stereocenters. The first-order valence-electron chi connectivity index (χ1n) is 10.1. The molecule has 2 aromatic heterocycles. The first-order chi connectivity index (χ1) is 15.5. The monoisotopic (exact) mass is 439 g/mol. The zero-order chi connectivity index (χ0) is 22.8. The van der Waals surface area contributed by atoms with Crippen LogP contribution in [0.25, 0.3) is 11.2 Å². The van der Waals surface area contributed by atoms with Crippen LogP contribution in [0, 0.1) is 0 Å². The number of aryl methyl sites for hydroxylation is 1. The molecule has 10 heteroatoms. The Morgan fingerprint density at radius 1 is 1.00 bits per heavy atom. The van der Waals surface area contributed by atoms with Crippen LogP contribution in [0.3, 0.4) is 0 Å². The molecule has 1 aromatic carbocycles. The number of aromatic nitrogens is 3. The molecule has 3 heterocycles. The Bertz CT molecular complexity index is 1190. The quantitative estimate of drug-likeness (QED) is 0.587. The Morgan fingerprint density at radius 2 is 1.66 bits per heavy atom. The van der Waals surface area contributed by atoms with Crippen LogP contribution in [0.1, 0.15) is 10.4 Å². The lowest BCUT2D eigenvalue weighted by Gasteiger charge is -2.35. The summed E-state index contributed by atoms with van der Waals surface area (Å²) in [5, 5.41) is 0. The van der Waals surface area contributed by atoms with E-state index >= 15 is 0 Å². The van der Waals surface area contributed by atoms with Crippen molar-refractivity contribution >= 4 is 22.9 Å². The molecular formula is C22H25N5O5. The molecule has 1 aliphatic rings. The number of methoxy groups -OCH3 is 3. The molecular weight excluding hydrogens is 414 g/mol. The number of ether oxygens (including phenoxy) is 3. The van der Waals surface area contributed by atoms with Crippen LogP contribution in [0.5, 0.6) is 17.2 Å². The minimum absolute atomic E-state index is 0.146. The SMILES string of the molecule is COc1cc(C(=O)N2CCN(c3nc4cccnc4n(C)c3=O)CC2)cc(OC)c1OC. The molecule has 1 aliphatic heterocycles. The molecule has 168 valence electrons. The molecule has 0 saturated carbocycles. The number of rotatable bonds is 5. The van der Waals surface area contributed by atoms with Crippen molar-refractivity contribution in [2.75, 3.05) is 52.4 Å². The molecule has 0 radical (unpaired) electrons. The molecule has 0 N–H and O–H groups in total. The third kappa shape index (κ3) is 3.68. The van der Waals surface area contributed by atoms with E-state index in [0.29, 0.717) is 66.0 Å². The van der Waals surface area contributed by atoms with Crippen LogP contribution in [0.4, 0.5) is 5.82 Å². The van der Waals surface area contributed by atoms with E-state index in [1.165, 1.54) is 25.9 Å². The van der Waals surface area contributed by atoms with Gasteiger partial charge in [0, 0.05) is 45.0 Å². The standard InChI is InChI=1S/C22H25N5O5/c1-25-19-15(6-5-7-23-19)24-20(22(25)29)26-8-10-27(11-9-26)21(28)14-12-16(30-2)18(32-4)17(13-14)31-3/h5-7,12-13H,8-11H2,1-4H3. The number of hydrogen-bond donors (Lipinski definition) is 0. The second kappa shape index (κ2) is 8.74. The fourth-order valence-corrected chi connectivity index (χ4v) is 3.86. The molecule has 4 rings (SSSR count). The predicted octanol–water partition coefficient (Wildman–Crippen LogP) is 1.32. The van der Waals surface area contributed by atoms with Crippen molar-refractivity contribution in [3.05, 3.63) is 46.4 Å². The zero-order valence-electron chi connectivity index (χ0n) is 18.5. The van der Waals surface area contributed by atoms with E-state index in [4.69, 9.17) is 14.2 Å². The lowest BCUT2D eigenvalue weighted by atomic mass is 10.1. The van der Waals surface area contributed by atoms with E-state index in [1.54, 1.807) is 36.3 Å². The molecule has 0 spiro atoms. The number of anilines is 1. The summed E-state index contributed by atoms with van der Waals surface area (Å²) in [4.78, 5) is 38.4. The highest BCUT2D eigenvalue weighted by Crippen LogP contribution is 2.38. The summed E-state index contributed by atoms with van der Waals surface area (Å²) in [7, 11) is 6.23. The Morgan fingerprint density at radius 3 is 2.25 bits per heavy atom. The summed E-state index contributed by atoms with van der Waals surface area (Å²) in [6, 6.07) is 6.90. The Hall–Kier alpha value is -3.82. The van der Waals surface area contributed by atoms with E-state index in [-0.39, 0.29) is 11.5 Å². The molecule has 1 fully saturated rings. The number of pyridine rings is 1. The van der Waals surface area contributed by atoms with Crippen LogP contribution < -0.4 is 24.7 Å². The number of hydrogen-bond acceptors (Lipinski definition) is 8. The van der Waals surface area contributed by atoms with Crippen LogP contribution in [0.15, 0.2) is 35.3 Å². The molecule has 0 atom stereocenters. The van der Waals surface area contributed by atoms with Crippen molar-refractivity contribution in [2.24, 2.45) is 7.05 Å². The molecule has 1 saturated heterocycles. The first kappa shape index (κ1) is 21.4. The Balaban J connectivity index is 1.55. The first-order valence-corrected chi connectivity index (χ1v) is 10.1. The van der Waals surface area contributed by atoms with Gasteiger partial charge >= 0.3 is 0 Å². The van der Waals surface area contributed by atoms with E-state index in [2.05, 4.69) is 9.97 Å². The van der Waals surface area contributed by atoms with E-state index in [0.717, 1.165) is 0 Å². The molecule has 32 heavy (non-hydrogen) atoms. The third-order valence-corrected chi connectivity index (χ3v) is 5.58.